The van der Waals surface area contributed by atoms with Crippen LogP contribution in [-0.2, 0) is 7.05 Å². The second-order valence-electron chi connectivity index (χ2n) is 4.57. The van der Waals surface area contributed by atoms with Crippen LogP contribution in [0.5, 0.6) is 0 Å². The van der Waals surface area contributed by atoms with Crippen molar-refractivity contribution in [3.05, 3.63) is 16.9 Å². The third-order valence-electron chi connectivity index (χ3n) is 3.42. The van der Waals surface area contributed by atoms with Gasteiger partial charge in [0.25, 0.3) is 0 Å². The van der Waals surface area contributed by atoms with Gasteiger partial charge < -0.3 is 10.2 Å². The van der Waals surface area contributed by atoms with Crippen molar-refractivity contribution in [2.45, 2.75) is 43.8 Å². The van der Waals surface area contributed by atoms with Crippen LogP contribution < -0.4 is 0 Å². The number of hydrogen-bond donors (Lipinski definition) is 2. The monoisotopic (exact) mass is 244 g/mol. The molecule has 1 heterocycles. The van der Waals surface area contributed by atoms with Gasteiger partial charge in [0.2, 0.25) is 0 Å². The van der Waals surface area contributed by atoms with E-state index in [0.29, 0.717) is 23.6 Å². The summed E-state index contributed by atoms with van der Waals surface area (Å²) in [4.78, 5) is 0. The summed E-state index contributed by atoms with van der Waals surface area (Å²) < 4.78 is 1.53. The second-order valence-corrected chi connectivity index (χ2v) is 4.98. The molecule has 1 atom stereocenters. The van der Waals surface area contributed by atoms with E-state index in [1.807, 2.05) is 0 Å². The third-order valence-corrected chi connectivity index (χ3v) is 3.72. The molecule has 0 aliphatic heterocycles. The van der Waals surface area contributed by atoms with Crippen LogP contribution >= 0.6 is 11.6 Å². The van der Waals surface area contributed by atoms with Crippen LogP contribution in [0, 0.1) is 0 Å². The SMILES string of the molecule is Cn1ncc(Cl)c1C(O)C1(O)CCCCC1. The largest absolute Gasteiger partial charge is 0.387 e. The topological polar surface area (TPSA) is 58.3 Å². The average Bonchev–Trinajstić information content (AvgIpc) is 2.59. The molecule has 1 saturated carbocycles. The van der Waals surface area contributed by atoms with Crippen LogP contribution in [0.15, 0.2) is 6.20 Å². The van der Waals surface area contributed by atoms with Crippen molar-refractivity contribution in [2.75, 3.05) is 0 Å². The number of aromatic nitrogens is 2. The minimum atomic E-state index is -1.05. The Bertz CT molecular complexity index is 353. The number of nitrogens with zero attached hydrogens (tertiary/aromatic N) is 2. The van der Waals surface area contributed by atoms with Crippen molar-refractivity contribution < 1.29 is 10.2 Å². The van der Waals surface area contributed by atoms with Crippen LogP contribution in [0.25, 0.3) is 0 Å². The van der Waals surface area contributed by atoms with Crippen LogP contribution in [0.4, 0.5) is 0 Å². The standard InChI is InChI=1S/C11H17ClN2O2/c1-14-9(8(12)7-13-14)10(15)11(16)5-3-2-4-6-11/h7,10,15-16H,2-6H2,1H3. The van der Waals surface area contributed by atoms with E-state index in [9.17, 15) is 10.2 Å². The maximum absolute atomic E-state index is 10.4. The quantitative estimate of drug-likeness (QED) is 0.834. The molecule has 1 aromatic rings. The van der Waals surface area contributed by atoms with E-state index < -0.39 is 11.7 Å². The molecule has 5 heteroatoms. The Balaban J connectivity index is 2.27. The highest BCUT2D eigenvalue weighted by molar-refractivity contribution is 6.31. The molecule has 1 aliphatic carbocycles. The number of halogens is 1. The Morgan fingerprint density at radius 2 is 2.06 bits per heavy atom. The van der Waals surface area contributed by atoms with E-state index in [-0.39, 0.29) is 0 Å². The summed E-state index contributed by atoms with van der Waals surface area (Å²) in [6, 6.07) is 0. The average molecular weight is 245 g/mol. The summed E-state index contributed by atoms with van der Waals surface area (Å²) in [7, 11) is 1.72. The van der Waals surface area contributed by atoms with E-state index >= 15 is 0 Å². The molecular formula is C11H17ClN2O2. The zero-order chi connectivity index (χ0) is 11.8. The maximum atomic E-state index is 10.4. The lowest BCUT2D eigenvalue weighted by Crippen LogP contribution is -2.39. The van der Waals surface area contributed by atoms with Crippen molar-refractivity contribution >= 4 is 11.6 Å². The first-order chi connectivity index (χ1) is 7.54. The first kappa shape index (κ1) is 11.9. The van der Waals surface area contributed by atoms with Crippen molar-refractivity contribution in [3.63, 3.8) is 0 Å². The van der Waals surface area contributed by atoms with Crippen molar-refractivity contribution in [1.29, 1.82) is 0 Å². The van der Waals surface area contributed by atoms with Gasteiger partial charge in [-0.1, -0.05) is 30.9 Å². The molecule has 0 saturated heterocycles. The highest BCUT2D eigenvalue weighted by Crippen LogP contribution is 2.39. The molecule has 90 valence electrons. The van der Waals surface area contributed by atoms with E-state index in [1.165, 1.54) is 10.9 Å². The van der Waals surface area contributed by atoms with Crippen LogP contribution in [0.2, 0.25) is 5.02 Å². The summed E-state index contributed by atoms with van der Waals surface area (Å²) in [5, 5.41) is 25.1. The van der Waals surface area contributed by atoms with Gasteiger partial charge in [-0.3, -0.25) is 4.68 Å². The molecule has 1 aromatic heterocycles. The zero-order valence-electron chi connectivity index (χ0n) is 9.36. The lowest BCUT2D eigenvalue weighted by Gasteiger charge is -2.36. The summed E-state index contributed by atoms with van der Waals surface area (Å²) in [5.41, 5.74) is -0.540. The van der Waals surface area contributed by atoms with Gasteiger partial charge in [0.05, 0.1) is 22.5 Å². The Labute approximate surface area is 99.8 Å². The molecule has 16 heavy (non-hydrogen) atoms. The smallest absolute Gasteiger partial charge is 0.126 e. The van der Waals surface area contributed by atoms with Gasteiger partial charge in [-0.2, -0.15) is 5.10 Å². The predicted octanol–water partition coefficient (Wildman–Crippen LogP) is 1.80. The predicted molar refractivity (Wildman–Crippen MR) is 61.2 cm³/mol. The normalized spacial score (nSPS) is 22.0. The molecule has 2 N–H and O–H groups in total. The molecule has 0 radical (unpaired) electrons. The molecule has 0 aromatic carbocycles. The highest BCUT2D eigenvalue weighted by Gasteiger charge is 2.40. The first-order valence-electron chi connectivity index (χ1n) is 5.62. The lowest BCUT2D eigenvalue weighted by atomic mass is 9.79. The fraction of sp³-hybridized carbons (Fsp3) is 0.727. The minimum absolute atomic E-state index is 0.411. The van der Waals surface area contributed by atoms with Crippen LogP contribution in [0.1, 0.15) is 43.9 Å². The molecule has 2 rings (SSSR count). The first-order valence-corrected chi connectivity index (χ1v) is 6.00. The molecule has 4 nitrogen and oxygen atoms in total. The Morgan fingerprint density at radius 3 is 2.56 bits per heavy atom. The van der Waals surface area contributed by atoms with E-state index in [2.05, 4.69) is 5.10 Å². The Kier molecular flexibility index (Phi) is 3.24. The maximum Gasteiger partial charge on any atom is 0.126 e. The fourth-order valence-electron chi connectivity index (χ4n) is 2.42. The molecule has 1 fully saturated rings. The number of aliphatic hydroxyl groups excluding tert-OH is 1. The summed E-state index contributed by atoms with van der Waals surface area (Å²) in [5.74, 6) is 0. The summed E-state index contributed by atoms with van der Waals surface area (Å²) >= 11 is 5.97. The van der Waals surface area contributed by atoms with Crippen LogP contribution in [0.3, 0.4) is 0 Å². The van der Waals surface area contributed by atoms with Gasteiger partial charge in [-0.25, -0.2) is 0 Å². The molecule has 1 aliphatic rings. The lowest BCUT2D eigenvalue weighted by molar-refractivity contribution is -0.102. The van der Waals surface area contributed by atoms with Crippen molar-refractivity contribution in [1.82, 2.24) is 9.78 Å². The number of aliphatic hydroxyl groups is 2. The number of hydrogen-bond acceptors (Lipinski definition) is 3. The van der Waals surface area contributed by atoms with E-state index in [1.54, 1.807) is 7.05 Å². The number of rotatable bonds is 2. The summed E-state index contributed by atoms with van der Waals surface area (Å²) in [6.45, 7) is 0. The number of aryl methyl sites for hydroxylation is 1. The molecule has 1 unspecified atom stereocenters. The van der Waals surface area contributed by atoms with Crippen molar-refractivity contribution in [3.8, 4) is 0 Å². The van der Waals surface area contributed by atoms with E-state index in [4.69, 9.17) is 11.6 Å². The highest BCUT2D eigenvalue weighted by atomic mass is 35.5. The van der Waals surface area contributed by atoms with Gasteiger partial charge >= 0.3 is 0 Å². The minimum Gasteiger partial charge on any atom is -0.387 e. The Hall–Kier alpha value is -0.580. The van der Waals surface area contributed by atoms with Gasteiger partial charge in [0, 0.05) is 7.05 Å². The fourth-order valence-corrected chi connectivity index (χ4v) is 2.69. The van der Waals surface area contributed by atoms with Crippen molar-refractivity contribution in [2.24, 2.45) is 7.05 Å². The third kappa shape index (κ3) is 1.97. The summed E-state index contributed by atoms with van der Waals surface area (Å²) in [6.07, 6.45) is 4.80. The Morgan fingerprint density at radius 1 is 1.44 bits per heavy atom. The molecular weight excluding hydrogens is 228 g/mol. The van der Waals surface area contributed by atoms with Crippen LogP contribution in [-0.4, -0.2) is 25.6 Å². The van der Waals surface area contributed by atoms with Gasteiger partial charge in [0.1, 0.15) is 6.10 Å². The van der Waals surface area contributed by atoms with Gasteiger partial charge in [0.15, 0.2) is 0 Å². The van der Waals surface area contributed by atoms with Gasteiger partial charge in [-0.15, -0.1) is 0 Å². The van der Waals surface area contributed by atoms with E-state index in [0.717, 1.165) is 19.3 Å². The molecule has 0 amide bonds. The molecule has 0 bridgehead atoms. The van der Waals surface area contributed by atoms with Gasteiger partial charge in [-0.05, 0) is 12.8 Å². The molecule has 0 spiro atoms. The second kappa shape index (κ2) is 4.35. The zero-order valence-corrected chi connectivity index (χ0v) is 10.1.